The maximum atomic E-state index is 10.1. The van der Waals surface area contributed by atoms with E-state index in [0.29, 0.717) is 19.1 Å². The Morgan fingerprint density at radius 2 is 1.91 bits per heavy atom. The molecule has 1 heterocycles. The van der Waals surface area contributed by atoms with Crippen LogP contribution in [0.1, 0.15) is 26.7 Å². The van der Waals surface area contributed by atoms with Crippen LogP contribution in [0.25, 0.3) is 0 Å². The van der Waals surface area contributed by atoms with Crippen molar-refractivity contribution in [1.29, 1.82) is 0 Å². The van der Waals surface area contributed by atoms with Crippen LogP contribution in [0.2, 0.25) is 0 Å². The van der Waals surface area contributed by atoms with Crippen LogP contribution in [0.4, 0.5) is 0 Å². The van der Waals surface area contributed by atoms with Gasteiger partial charge in [-0.15, -0.1) is 0 Å². The van der Waals surface area contributed by atoms with E-state index in [1.807, 2.05) is 74.4 Å². The van der Waals surface area contributed by atoms with Crippen molar-refractivity contribution in [3.8, 4) is 0 Å². The smallest absolute Gasteiger partial charge is 0.139 e. The summed E-state index contributed by atoms with van der Waals surface area (Å²) in [6, 6.07) is 0. The van der Waals surface area contributed by atoms with Gasteiger partial charge in [0, 0.05) is 25.9 Å². The zero-order chi connectivity index (χ0) is 24.4. The molecule has 0 unspecified atom stereocenters. The average Bonchev–Trinajstić information content (AvgIpc) is 2.76. The van der Waals surface area contributed by atoms with Crippen LogP contribution >= 0.6 is 0 Å². The first kappa shape index (κ1) is 26.2. The number of aliphatic imine (C=N–C) groups is 3. The minimum Gasteiger partial charge on any atom is -0.390 e. The summed E-state index contributed by atoms with van der Waals surface area (Å²) >= 11 is 0. The predicted molar refractivity (Wildman–Crippen MR) is 142 cm³/mol. The lowest BCUT2D eigenvalue weighted by Gasteiger charge is -2.41. The van der Waals surface area contributed by atoms with Gasteiger partial charge in [-0.05, 0) is 50.3 Å². The minimum atomic E-state index is -0.577. The second kappa shape index (κ2) is 12.2. The van der Waals surface area contributed by atoms with E-state index in [-0.39, 0.29) is 0 Å². The van der Waals surface area contributed by atoms with E-state index in [0.717, 1.165) is 41.2 Å². The Balaban J connectivity index is 2.47. The van der Waals surface area contributed by atoms with Crippen LogP contribution in [-0.4, -0.2) is 65.7 Å². The molecule has 1 aliphatic carbocycles. The number of rotatable bonds is 8. The van der Waals surface area contributed by atoms with Gasteiger partial charge < -0.3 is 5.11 Å². The van der Waals surface area contributed by atoms with Gasteiger partial charge >= 0.3 is 0 Å². The zero-order valence-corrected chi connectivity index (χ0v) is 20.4. The molecule has 0 radical (unpaired) electrons. The summed E-state index contributed by atoms with van der Waals surface area (Å²) in [5.74, 6) is 1.13. The minimum absolute atomic E-state index is 0.323. The third-order valence-corrected chi connectivity index (χ3v) is 5.59. The van der Waals surface area contributed by atoms with Crippen LogP contribution in [0.15, 0.2) is 100 Å². The summed E-state index contributed by atoms with van der Waals surface area (Å²) < 4.78 is 0. The Labute approximate surface area is 198 Å². The van der Waals surface area contributed by atoms with Gasteiger partial charge in [-0.25, -0.2) is 10.0 Å². The molecule has 0 amide bonds. The molecular formula is C27H37N5O. The molecule has 1 aliphatic heterocycles. The molecule has 0 bridgehead atoms. The molecule has 0 aromatic rings. The van der Waals surface area contributed by atoms with E-state index in [1.54, 1.807) is 18.4 Å². The summed E-state index contributed by atoms with van der Waals surface area (Å²) in [5, 5.41) is 14.0. The topological polar surface area (TPSA) is 63.8 Å². The molecule has 6 heteroatoms. The molecule has 1 N–H and O–H groups in total. The third kappa shape index (κ3) is 7.20. The molecule has 1 fully saturated rings. The highest BCUT2D eigenvalue weighted by molar-refractivity contribution is 6.52. The highest BCUT2D eigenvalue weighted by atomic mass is 16.3. The summed E-state index contributed by atoms with van der Waals surface area (Å²) in [7, 11) is 3.93. The molecule has 0 saturated heterocycles. The Morgan fingerprint density at radius 1 is 1.18 bits per heavy atom. The van der Waals surface area contributed by atoms with Gasteiger partial charge in [0.1, 0.15) is 12.5 Å². The van der Waals surface area contributed by atoms with Crippen LogP contribution < -0.4 is 0 Å². The molecule has 2 aliphatic rings. The van der Waals surface area contributed by atoms with Crippen molar-refractivity contribution >= 4 is 17.6 Å². The number of hydrazine groups is 1. The summed E-state index contributed by atoms with van der Waals surface area (Å²) in [4.78, 5) is 14.2. The van der Waals surface area contributed by atoms with Gasteiger partial charge in [0.15, 0.2) is 0 Å². The molecule has 33 heavy (non-hydrogen) atoms. The van der Waals surface area contributed by atoms with Crippen LogP contribution in [0, 0.1) is 5.92 Å². The normalized spacial score (nSPS) is 28.7. The predicted octanol–water partition coefficient (Wildman–Crippen LogP) is 4.68. The third-order valence-electron chi connectivity index (χ3n) is 5.59. The molecule has 0 aromatic heterocycles. The lowest BCUT2D eigenvalue weighted by atomic mass is 9.68. The molecule has 2 rings (SSSR count). The van der Waals surface area contributed by atoms with E-state index < -0.39 is 5.60 Å². The second-order valence-corrected chi connectivity index (χ2v) is 8.47. The van der Waals surface area contributed by atoms with Gasteiger partial charge in [0.2, 0.25) is 0 Å². The summed E-state index contributed by atoms with van der Waals surface area (Å²) in [5.41, 5.74) is 2.84. The fraction of sp³-hybridized carbons (Fsp3) is 0.370. The second-order valence-electron chi connectivity index (χ2n) is 8.47. The highest BCUT2D eigenvalue weighted by Crippen LogP contribution is 2.41. The number of hydrogen-bond donors (Lipinski definition) is 1. The van der Waals surface area contributed by atoms with Crippen LogP contribution in [-0.2, 0) is 0 Å². The molecule has 0 spiro atoms. The largest absolute Gasteiger partial charge is 0.390 e. The molecule has 6 nitrogen and oxygen atoms in total. The Hall–Kier alpha value is -3.09. The van der Waals surface area contributed by atoms with Gasteiger partial charge in [-0.2, -0.15) is 0 Å². The van der Waals surface area contributed by atoms with Crippen molar-refractivity contribution < 1.29 is 5.11 Å². The number of hydrogen-bond acceptors (Lipinski definition) is 6. The Kier molecular flexibility index (Phi) is 9.70. The summed E-state index contributed by atoms with van der Waals surface area (Å²) in [6.45, 7) is 16.3. The van der Waals surface area contributed by atoms with Gasteiger partial charge in [-0.1, -0.05) is 56.2 Å². The zero-order valence-electron chi connectivity index (χ0n) is 20.4. The maximum Gasteiger partial charge on any atom is 0.139 e. The monoisotopic (exact) mass is 447 g/mol. The molecular weight excluding hydrogens is 410 g/mol. The molecule has 1 saturated carbocycles. The molecule has 176 valence electrons. The van der Waals surface area contributed by atoms with Crippen LogP contribution in [0.5, 0.6) is 0 Å². The quantitative estimate of drug-likeness (QED) is 0.550. The maximum absolute atomic E-state index is 10.1. The number of aliphatic hydroxyl groups is 1. The first-order chi connectivity index (χ1) is 15.8. The standard InChI is InChI=1S/C27H37N5O/c1-8-13-22(10-3)26-24(15-12-14-21(9-2)23-18-27(5,33)19-23)30-20-32(31(6)7)25(11-4)28-16-17-29-26/h8-16,23,33H,1-3,17-20H2,4-7H3/b15-12+,21-14+,22-13+,25-11-,28-16-,29-26?,30-24-. The fourth-order valence-electron chi connectivity index (χ4n) is 3.86. The lowest BCUT2D eigenvalue weighted by molar-refractivity contribution is -0.0440. The van der Waals surface area contributed by atoms with E-state index in [2.05, 4.69) is 24.7 Å². The van der Waals surface area contributed by atoms with Crippen molar-refractivity contribution in [3.63, 3.8) is 0 Å². The average molecular weight is 448 g/mol. The Morgan fingerprint density at radius 3 is 2.45 bits per heavy atom. The van der Waals surface area contributed by atoms with Gasteiger partial charge in [-0.3, -0.25) is 15.0 Å². The number of nitrogens with zero attached hydrogens (tertiary/aromatic N) is 5. The fourth-order valence-corrected chi connectivity index (χ4v) is 3.86. The van der Waals surface area contributed by atoms with E-state index in [4.69, 9.17) is 9.98 Å². The van der Waals surface area contributed by atoms with E-state index >= 15 is 0 Å². The summed E-state index contributed by atoms with van der Waals surface area (Å²) in [6.07, 6.45) is 18.4. The van der Waals surface area contributed by atoms with Crippen molar-refractivity contribution in [2.24, 2.45) is 20.9 Å². The van der Waals surface area contributed by atoms with Gasteiger partial charge in [0.05, 0.1) is 23.6 Å². The first-order valence-electron chi connectivity index (χ1n) is 11.2. The molecule has 0 atom stereocenters. The van der Waals surface area contributed by atoms with Crippen molar-refractivity contribution in [3.05, 3.63) is 85.3 Å². The van der Waals surface area contributed by atoms with E-state index in [9.17, 15) is 5.11 Å². The van der Waals surface area contributed by atoms with Crippen molar-refractivity contribution in [2.45, 2.75) is 32.3 Å². The van der Waals surface area contributed by atoms with Crippen LogP contribution in [0.3, 0.4) is 0 Å². The highest BCUT2D eigenvalue weighted by Gasteiger charge is 2.39. The lowest BCUT2D eigenvalue weighted by Crippen LogP contribution is -2.41. The molecule has 0 aromatic carbocycles. The van der Waals surface area contributed by atoms with Gasteiger partial charge in [0.25, 0.3) is 0 Å². The SMILES string of the molecule is C=C/C=C(\C=C)C1=NC/C=N\C(=C\C)N(N(C)C)C/N=C1/C=C/C=C(\C=C)C1CC(C)(O)C1. The van der Waals surface area contributed by atoms with Crippen molar-refractivity contribution in [2.75, 3.05) is 27.3 Å². The van der Waals surface area contributed by atoms with Crippen molar-refractivity contribution in [1.82, 2.24) is 10.0 Å². The van der Waals surface area contributed by atoms with E-state index in [1.165, 1.54) is 0 Å². The number of allylic oxidation sites excluding steroid dienone is 10. The Bertz CT molecular complexity index is 949. The first-order valence-corrected chi connectivity index (χ1v) is 11.2.